The molecule has 0 radical (unpaired) electrons. The number of rotatable bonds is 3. The van der Waals surface area contributed by atoms with Crippen LogP contribution in [0.15, 0.2) is 91.0 Å². The van der Waals surface area contributed by atoms with Gasteiger partial charge in [-0.1, -0.05) is 54.6 Å². The van der Waals surface area contributed by atoms with Crippen molar-refractivity contribution in [2.24, 2.45) is 0 Å². The summed E-state index contributed by atoms with van der Waals surface area (Å²) in [5.41, 5.74) is 0. The second-order valence-electron chi connectivity index (χ2n) is 4.82. The summed E-state index contributed by atoms with van der Waals surface area (Å²) in [6.07, 6.45) is 0. The monoisotopic (exact) mass is 499 g/mol. The summed E-state index contributed by atoms with van der Waals surface area (Å²) in [6.45, 7) is 9.44. The largest absolute Gasteiger partial charge is 1.00 e. The van der Waals surface area contributed by atoms with E-state index in [4.69, 9.17) is 18.5 Å². The minimum atomic E-state index is -1.78. The zero-order valence-electron chi connectivity index (χ0n) is 12.6. The average molecular weight is 499 g/mol. The van der Waals surface area contributed by atoms with Crippen LogP contribution in [-0.2, 0) is 22.4 Å². The van der Waals surface area contributed by atoms with Gasteiger partial charge in [-0.25, -0.2) is 0 Å². The van der Waals surface area contributed by atoms with Crippen LogP contribution in [0.4, 0.5) is 0 Å². The van der Waals surface area contributed by atoms with Gasteiger partial charge in [-0.3, -0.25) is 0 Å². The van der Waals surface area contributed by atoms with Crippen LogP contribution < -0.4 is 15.9 Å². The third-order valence-electron chi connectivity index (χ3n) is 3.59. The van der Waals surface area contributed by atoms with Gasteiger partial charge in [0.15, 0.2) is 0 Å². The van der Waals surface area contributed by atoms with Gasteiger partial charge in [0.2, 0.25) is 0 Å². The van der Waals surface area contributed by atoms with Crippen LogP contribution in [0.2, 0.25) is 0 Å². The first kappa shape index (κ1) is 19.4. The molecule has 3 aromatic rings. The third-order valence-corrected chi connectivity index (χ3v) is 7.13. The van der Waals surface area contributed by atoms with Gasteiger partial charge in [-0.05, 0) is 43.7 Å². The standard InChI is InChI=1S/C19H17P.CN.Au/c1-20(17-11-5-2-6-12-17,18-13-7-3-8-14-18)19-15-9-4-10-16-19;1-2;/h2-16H,1H2;;/q;-1;+1. The summed E-state index contributed by atoms with van der Waals surface area (Å²) in [5.74, 6) is 0. The molecule has 0 fully saturated rings. The molecule has 0 N–H and O–H groups in total. The Morgan fingerprint density at radius 3 is 1.00 bits per heavy atom. The Kier molecular flexibility index (Phi) is 7.96. The molecule has 1 nitrogen and oxygen atoms in total. The number of nitrogens with zero attached hydrogens (tertiary/aromatic N) is 1. The van der Waals surface area contributed by atoms with Crippen molar-refractivity contribution >= 4 is 23.2 Å². The van der Waals surface area contributed by atoms with Crippen LogP contribution in [0, 0.1) is 18.5 Å². The first-order valence-electron chi connectivity index (χ1n) is 6.94. The molecule has 0 heterocycles. The maximum atomic E-state index is 6.25. The molecule has 3 heteroatoms. The van der Waals surface area contributed by atoms with Gasteiger partial charge in [0.25, 0.3) is 0 Å². The quantitative estimate of drug-likeness (QED) is 0.305. The van der Waals surface area contributed by atoms with E-state index in [1.165, 1.54) is 15.9 Å². The second-order valence-corrected chi connectivity index (χ2v) is 7.99. The van der Waals surface area contributed by atoms with E-state index in [9.17, 15) is 0 Å². The molecule has 118 valence electrons. The Balaban J connectivity index is 0.000000849. The maximum Gasteiger partial charge on any atom is 1.00 e. The molecule has 0 aliphatic heterocycles. The summed E-state index contributed by atoms with van der Waals surface area (Å²) < 4.78 is 0. The third kappa shape index (κ3) is 4.20. The fourth-order valence-electron chi connectivity index (χ4n) is 2.49. The van der Waals surface area contributed by atoms with Crippen molar-refractivity contribution in [1.82, 2.24) is 0 Å². The van der Waals surface area contributed by atoms with Gasteiger partial charge < -0.3 is 11.8 Å². The molecule has 0 atom stereocenters. The van der Waals surface area contributed by atoms with E-state index in [-0.39, 0.29) is 22.4 Å². The molecule has 0 bridgehead atoms. The molecule has 0 unspecified atom stereocenters. The molecule has 0 saturated heterocycles. The van der Waals surface area contributed by atoms with Crippen molar-refractivity contribution in [3.8, 4) is 0 Å². The van der Waals surface area contributed by atoms with E-state index in [0.717, 1.165) is 0 Å². The van der Waals surface area contributed by atoms with E-state index in [1.807, 2.05) is 0 Å². The zero-order valence-corrected chi connectivity index (χ0v) is 15.6. The Morgan fingerprint density at radius 2 is 0.783 bits per heavy atom. The van der Waals surface area contributed by atoms with Gasteiger partial charge in [0, 0.05) is 0 Å². The molecule has 0 aromatic heterocycles. The van der Waals surface area contributed by atoms with Gasteiger partial charge in [-0.2, -0.15) is 6.66 Å². The van der Waals surface area contributed by atoms with Crippen LogP contribution in [-0.4, -0.2) is 0 Å². The van der Waals surface area contributed by atoms with Crippen molar-refractivity contribution in [3.63, 3.8) is 0 Å². The van der Waals surface area contributed by atoms with E-state index >= 15 is 0 Å². The fourth-order valence-corrected chi connectivity index (χ4v) is 5.43. The van der Waals surface area contributed by atoms with Crippen LogP contribution in [0.25, 0.3) is 0 Å². The van der Waals surface area contributed by atoms with Crippen LogP contribution in [0.1, 0.15) is 0 Å². The molecule has 0 aliphatic carbocycles. The number of hydrogen-bond donors (Lipinski definition) is 0. The number of benzene rings is 3. The van der Waals surface area contributed by atoms with Gasteiger partial charge >= 0.3 is 22.4 Å². The minimum Gasteiger partial charge on any atom is -0.512 e. The van der Waals surface area contributed by atoms with Crippen molar-refractivity contribution in [2.45, 2.75) is 0 Å². The van der Waals surface area contributed by atoms with E-state index in [2.05, 4.69) is 91.0 Å². The Hall–Kier alpha value is -1.68. The minimum absolute atomic E-state index is 0. The van der Waals surface area contributed by atoms with E-state index < -0.39 is 7.26 Å². The SMILES string of the molecule is [Au+].[C-]#N.[CH2-][P+](c1ccccc1)(c1ccccc1)c1ccccc1. The Morgan fingerprint density at radius 1 is 0.565 bits per heavy atom. The topological polar surface area (TPSA) is 23.8 Å². The number of hydrogen-bond acceptors (Lipinski definition) is 1. The van der Waals surface area contributed by atoms with Gasteiger partial charge in [-0.15, -0.1) is 0 Å². The van der Waals surface area contributed by atoms with Crippen molar-refractivity contribution in [1.29, 1.82) is 5.26 Å². The summed E-state index contributed by atoms with van der Waals surface area (Å²) >= 11 is 0. The summed E-state index contributed by atoms with van der Waals surface area (Å²) in [6, 6.07) is 31.9. The summed E-state index contributed by atoms with van der Waals surface area (Å²) in [4.78, 5) is 0. The molecule has 0 aliphatic rings. The molecule has 0 amide bonds. The predicted molar refractivity (Wildman–Crippen MR) is 95.5 cm³/mol. The van der Waals surface area contributed by atoms with Crippen molar-refractivity contribution < 1.29 is 22.4 Å². The Bertz CT molecular complexity index is 615. The summed E-state index contributed by atoms with van der Waals surface area (Å²) in [7, 11) is -1.78. The smallest absolute Gasteiger partial charge is 0.512 e. The van der Waals surface area contributed by atoms with Crippen LogP contribution in [0.5, 0.6) is 0 Å². The first-order valence-corrected chi connectivity index (χ1v) is 8.92. The van der Waals surface area contributed by atoms with Crippen molar-refractivity contribution in [3.05, 3.63) is 104 Å². The average Bonchev–Trinajstić information content (AvgIpc) is 2.65. The van der Waals surface area contributed by atoms with Crippen molar-refractivity contribution in [2.75, 3.05) is 0 Å². The second kappa shape index (κ2) is 9.46. The molecule has 23 heavy (non-hydrogen) atoms. The Labute approximate surface area is 154 Å². The molecule has 0 spiro atoms. The van der Waals surface area contributed by atoms with Gasteiger partial charge in [0.05, 0.1) is 15.9 Å². The molecule has 3 aromatic carbocycles. The van der Waals surface area contributed by atoms with Crippen LogP contribution in [0.3, 0.4) is 0 Å². The fraction of sp³-hybridized carbons (Fsp3) is 0. The van der Waals surface area contributed by atoms with E-state index in [1.54, 1.807) is 0 Å². The maximum absolute atomic E-state index is 6.25. The van der Waals surface area contributed by atoms with E-state index in [0.29, 0.717) is 0 Å². The van der Waals surface area contributed by atoms with Crippen LogP contribution >= 0.6 is 7.26 Å². The predicted octanol–water partition coefficient (Wildman–Crippen LogP) is 3.87. The summed E-state index contributed by atoms with van der Waals surface area (Å²) in [5, 5.41) is 10.2. The molecule has 0 saturated carbocycles. The normalized spacial score (nSPS) is 9.87. The molecular formula is C20H17AuNP. The van der Waals surface area contributed by atoms with Gasteiger partial charge in [0.1, 0.15) is 0 Å². The first-order chi connectivity index (χ1) is 10.8. The zero-order chi connectivity index (χ0) is 15.8. The molecule has 3 rings (SSSR count). The molecular weight excluding hydrogens is 482 g/mol.